The first-order chi connectivity index (χ1) is 6.90. The van der Waals surface area contributed by atoms with Crippen LogP contribution in [-0.4, -0.2) is 21.7 Å². The van der Waals surface area contributed by atoms with Crippen molar-refractivity contribution >= 4 is 11.3 Å². The molecule has 0 saturated heterocycles. The minimum absolute atomic E-state index is 0.645. The molecular formula is C9H12N4S. The van der Waals surface area contributed by atoms with E-state index in [0.29, 0.717) is 6.54 Å². The van der Waals surface area contributed by atoms with Gasteiger partial charge in [0.2, 0.25) is 0 Å². The number of nitrogens with zero attached hydrogens (tertiary/aromatic N) is 2. The SMILES string of the molecule is NCCc1[nH]ncc1Cc1cscn1. The lowest BCUT2D eigenvalue weighted by atomic mass is 10.1. The van der Waals surface area contributed by atoms with Crippen LogP contribution in [0.15, 0.2) is 17.1 Å². The molecule has 0 aromatic carbocycles. The van der Waals surface area contributed by atoms with Crippen molar-refractivity contribution in [2.45, 2.75) is 12.8 Å². The Morgan fingerprint density at radius 3 is 3.14 bits per heavy atom. The number of hydrogen-bond acceptors (Lipinski definition) is 4. The Morgan fingerprint density at radius 1 is 1.50 bits per heavy atom. The summed E-state index contributed by atoms with van der Waals surface area (Å²) in [6, 6.07) is 0. The van der Waals surface area contributed by atoms with E-state index in [9.17, 15) is 0 Å². The molecule has 0 spiro atoms. The maximum Gasteiger partial charge on any atom is 0.0794 e. The minimum Gasteiger partial charge on any atom is -0.330 e. The number of rotatable bonds is 4. The molecule has 2 aromatic heterocycles. The van der Waals surface area contributed by atoms with Crippen LogP contribution in [0.2, 0.25) is 0 Å². The van der Waals surface area contributed by atoms with Crippen molar-refractivity contribution in [3.8, 4) is 0 Å². The standard InChI is InChI=1S/C9H12N4S/c10-2-1-9-7(4-12-13-9)3-8-5-14-6-11-8/h4-6H,1-3,10H2,(H,12,13). The van der Waals surface area contributed by atoms with Crippen molar-refractivity contribution in [3.05, 3.63) is 34.0 Å². The summed E-state index contributed by atoms with van der Waals surface area (Å²) in [6.45, 7) is 0.645. The molecule has 0 saturated carbocycles. The smallest absolute Gasteiger partial charge is 0.0794 e. The van der Waals surface area contributed by atoms with Gasteiger partial charge in [-0.3, -0.25) is 5.10 Å². The van der Waals surface area contributed by atoms with E-state index in [-0.39, 0.29) is 0 Å². The lowest BCUT2D eigenvalue weighted by Gasteiger charge is -1.98. The van der Waals surface area contributed by atoms with Gasteiger partial charge in [-0.25, -0.2) is 4.98 Å². The maximum atomic E-state index is 5.50. The van der Waals surface area contributed by atoms with Gasteiger partial charge in [0.15, 0.2) is 0 Å². The number of thiazole rings is 1. The van der Waals surface area contributed by atoms with Gasteiger partial charge in [0.25, 0.3) is 0 Å². The van der Waals surface area contributed by atoms with E-state index in [1.807, 2.05) is 11.7 Å². The summed E-state index contributed by atoms with van der Waals surface area (Å²) in [5.74, 6) is 0. The summed E-state index contributed by atoms with van der Waals surface area (Å²) in [4.78, 5) is 4.24. The normalized spacial score (nSPS) is 10.6. The van der Waals surface area contributed by atoms with Crippen LogP contribution < -0.4 is 5.73 Å². The Kier molecular flexibility index (Phi) is 2.90. The average Bonchev–Trinajstić information content (AvgIpc) is 2.80. The number of nitrogens with one attached hydrogen (secondary N) is 1. The van der Waals surface area contributed by atoms with E-state index in [4.69, 9.17) is 5.73 Å². The molecular weight excluding hydrogens is 196 g/mol. The Bertz CT molecular complexity index is 379. The van der Waals surface area contributed by atoms with Gasteiger partial charge in [0.1, 0.15) is 0 Å². The third-order valence-corrected chi connectivity index (χ3v) is 2.69. The van der Waals surface area contributed by atoms with E-state index >= 15 is 0 Å². The number of hydrogen-bond donors (Lipinski definition) is 2. The van der Waals surface area contributed by atoms with E-state index in [1.54, 1.807) is 11.3 Å². The molecule has 0 radical (unpaired) electrons. The first-order valence-corrected chi connectivity index (χ1v) is 5.42. The summed E-state index contributed by atoms with van der Waals surface area (Å²) in [5.41, 5.74) is 10.8. The summed E-state index contributed by atoms with van der Waals surface area (Å²) in [6.07, 6.45) is 3.54. The second kappa shape index (κ2) is 4.34. The van der Waals surface area contributed by atoms with Gasteiger partial charge in [0, 0.05) is 23.9 Å². The summed E-state index contributed by atoms with van der Waals surface area (Å²) >= 11 is 1.61. The highest BCUT2D eigenvalue weighted by molar-refractivity contribution is 7.07. The fraction of sp³-hybridized carbons (Fsp3) is 0.333. The lowest BCUT2D eigenvalue weighted by molar-refractivity contribution is 0.888. The summed E-state index contributed by atoms with van der Waals surface area (Å²) in [7, 11) is 0. The van der Waals surface area contributed by atoms with Crippen molar-refractivity contribution in [1.82, 2.24) is 15.2 Å². The molecule has 0 bridgehead atoms. The molecule has 0 fully saturated rings. The summed E-state index contributed by atoms with van der Waals surface area (Å²) < 4.78 is 0. The molecule has 0 aliphatic rings. The molecule has 3 N–H and O–H groups in total. The third kappa shape index (κ3) is 2.00. The van der Waals surface area contributed by atoms with Gasteiger partial charge >= 0.3 is 0 Å². The first-order valence-electron chi connectivity index (χ1n) is 4.48. The molecule has 2 rings (SSSR count). The lowest BCUT2D eigenvalue weighted by Crippen LogP contribution is -2.05. The van der Waals surface area contributed by atoms with Gasteiger partial charge in [-0.15, -0.1) is 11.3 Å². The van der Waals surface area contributed by atoms with Crippen molar-refractivity contribution < 1.29 is 0 Å². The van der Waals surface area contributed by atoms with Gasteiger partial charge in [0.05, 0.1) is 17.4 Å². The highest BCUT2D eigenvalue weighted by atomic mass is 32.1. The zero-order chi connectivity index (χ0) is 9.80. The van der Waals surface area contributed by atoms with Crippen LogP contribution in [0.1, 0.15) is 17.0 Å². The van der Waals surface area contributed by atoms with Crippen LogP contribution in [0.3, 0.4) is 0 Å². The molecule has 0 atom stereocenters. The Morgan fingerprint density at radius 2 is 2.43 bits per heavy atom. The number of H-pyrrole nitrogens is 1. The van der Waals surface area contributed by atoms with Gasteiger partial charge in [-0.2, -0.15) is 5.10 Å². The topological polar surface area (TPSA) is 67.6 Å². The van der Waals surface area contributed by atoms with E-state index in [1.165, 1.54) is 5.56 Å². The van der Waals surface area contributed by atoms with Crippen LogP contribution >= 0.6 is 11.3 Å². The van der Waals surface area contributed by atoms with Crippen LogP contribution in [-0.2, 0) is 12.8 Å². The van der Waals surface area contributed by atoms with Gasteiger partial charge in [-0.05, 0) is 12.1 Å². The predicted octanol–water partition coefficient (Wildman–Crippen LogP) is 0.958. The quantitative estimate of drug-likeness (QED) is 0.786. The number of nitrogens with two attached hydrogens (primary N) is 1. The molecule has 0 amide bonds. The van der Waals surface area contributed by atoms with Crippen molar-refractivity contribution in [2.75, 3.05) is 6.54 Å². The van der Waals surface area contributed by atoms with Crippen LogP contribution in [0, 0.1) is 0 Å². The molecule has 4 nitrogen and oxygen atoms in total. The summed E-state index contributed by atoms with van der Waals surface area (Å²) in [5, 5.41) is 9.04. The maximum absolute atomic E-state index is 5.50. The Labute approximate surface area is 86.2 Å². The second-order valence-corrected chi connectivity index (χ2v) is 3.79. The molecule has 0 unspecified atom stereocenters. The van der Waals surface area contributed by atoms with E-state index in [2.05, 4.69) is 20.6 Å². The molecule has 0 aliphatic carbocycles. The molecule has 5 heteroatoms. The minimum atomic E-state index is 0.645. The van der Waals surface area contributed by atoms with Crippen LogP contribution in [0.5, 0.6) is 0 Å². The first kappa shape index (κ1) is 9.36. The average molecular weight is 208 g/mol. The molecule has 74 valence electrons. The fourth-order valence-corrected chi connectivity index (χ4v) is 1.93. The van der Waals surface area contributed by atoms with Gasteiger partial charge < -0.3 is 5.73 Å². The number of aromatic amines is 1. The molecule has 0 aliphatic heterocycles. The third-order valence-electron chi connectivity index (χ3n) is 2.06. The second-order valence-electron chi connectivity index (χ2n) is 3.07. The monoisotopic (exact) mass is 208 g/mol. The van der Waals surface area contributed by atoms with Crippen LogP contribution in [0.25, 0.3) is 0 Å². The highest BCUT2D eigenvalue weighted by Gasteiger charge is 2.05. The fourth-order valence-electron chi connectivity index (χ4n) is 1.37. The largest absolute Gasteiger partial charge is 0.330 e. The van der Waals surface area contributed by atoms with Crippen molar-refractivity contribution in [2.24, 2.45) is 5.73 Å². The highest BCUT2D eigenvalue weighted by Crippen LogP contribution is 2.12. The molecule has 2 aromatic rings. The molecule has 14 heavy (non-hydrogen) atoms. The Balaban J connectivity index is 2.12. The van der Waals surface area contributed by atoms with Crippen LogP contribution in [0.4, 0.5) is 0 Å². The zero-order valence-electron chi connectivity index (χ0n) is 7.73. The van der Waals surface area contributed by atoms with Crippen molar-refractivity contribution in [3.63, 3.8) is 0 Å². The van der Waals surface area contributed by atoms with E-state index in [0.717, 1.165) is 24.2 Å². The molecule has 2 heterocycles. The number of aromatic nitrogens is 3. The zero-order valence-corrected chi connectivity index (χ0v) is 8.55. The predicted molar refractivity (Wildman–Crippen MR) is 56.3 cm³/mol. The van der Waals surface area contributed by atoms with E-state index < -0.39 is 0 Å². The van der Waals surface area contributed by atoms with Crippen molar-refractivity contribution in [1.29, 1.82) is 0 Å². The van der Waals surface area contributed by atoms with Gasteiger partial charge in [-0.1, -0.05) is 0 Å². The Hall–Kier alpha value is -1.20.